The van der Waals surface area contributed by atoms with Crippen LogP contribution in [0.1, 0.15) is 26.2 Å². The largest absolute Gasteiger partial charge is 0.481 e. The third kappa shape index (κ3) is 3.01. The van der Waals surface area contributed by atoms with E-state index in [0.29, 0.717) is 35.2 Å². The van der Waals surface area contributed by atoms with Crippen LogP contribution in [-0.4, -0.2) is 41.0 Å². The number of carbonyl (C=O) groups is 2. The van der Waals surface area contributed by atoms with E-state index in [1.54, 1.807) is 18.2 Å². The number of anilines is 1. The SMILES string of the molecule is CC(C(=O)Nc1ccc(Cl)c(Cl)c1)N1C[C@@H]2CCC[C@@]2(C(=O)O)C1. The van der Waals surface area contributed by atoms with Crippen molar-refractivity contribution in [3.05, 3.63) is 28.2 Å². The molecule has 2 N–H and O–H groups in total. The van der Waals surface area contributed by atoms with Crippen LogP contribution in [-0.2, 0) is 9.59 Å². The van der Waals surface area contributed by atoms with Gasteiger partial charge >= 0.3 is 5.97 Å². The zero-order valence-electron chi connectivity index (χ0n) is 13.4. The predicted octanol–water partition coefficient (Wildman–Crippen LogP) is 3.51. The van der Waals surface area contributed by atoms with Gasteiger partial charge in [-0.25, -0.2) is 0 Å². The Morgan fingerprint density at radius 2 is 2.12 bits per heavy atom. The van der Waals surface area contributed by atoms with E-state index in [-0.39, 0.29) is 11.8 Å². The Labute approximate surface area is 150 Å². The minimum absolute atomic E-state index is 0.134. The molecule has 1 saturated heterocycles. The van der Waals surface area contributed by atoms with Crippen LogP contribution in [0.5, 0.6) is 0 Å². The number of fused-ring (bicyclic) bond motifs is 1. The smallest absolute Gasteiger partial charge is 0.311 e. The zero-order chi connectivity index (χ0) is 17.5. The van der Waals surface area contributed by atoms with Gasteiger partial charge in [-0.2, -0.15) is 0 Å². The molecular weight excluding hydrogens is 351 g/mol. The van der Waals surface area contributed by atoms with E-state index in [9.17, 15) is 14.7 Å². The van der Waals surface area contributed by atoms with Crippen molar-refractivity contribution in [2.45, 2.75) is 32.2 Å². The number of carboxylic acid groups (broad SMARTS) is 1. The molecule has 0 radical (unpaired) electrons. The standard InChI is InChI=1S/C17H20Cl2N2O3/c1-10(15(22)20-12-4-5-13(18)14(19)7-12)21-8-11-3-2-6-17(11,9-21)16(23)24/h4-5,7,10-11H,2-3,6,8-9H2,1H3,(H,20,22)(H,23,24)/t10?,11-,17+/m0/s1. The fraction of sp³-hybridized carbons (Fsp3) is 0.529. The molecule has 1 unspecified atom stereocenters. The summed E-state index contributed by atoms with van der Waals surface area (Å²) >= 11 is 11.8. The molecule has 2 aliphatic rings. The maximum atomic E-state index is 12.5. The molecule has 7 heteroatoms. The quantitative estimate of drug-likeness (QED) is 0.850. The minimum Gasteiger partial charge on any atom is -0.481 e. The van der Waals surface area contributed by atoms with Crippen molar-refractivity contribution in [2.24, 2.45) is 11.3 Å². The number of rotatable bonds is 4. The number of carbonyl (C=O) groups excluding carboxylic acids is 1. The number of hydrogen-bond acceptors (Lipinski definition) is 3. The second-order valence-corrected chi connectivity index (χ2v) is 7.59. The van der Waals surface area contributed by atoms with Gasteiger partial charge in [0.05, 0.1) is 21.5 Å². The number of nitrogens with zero attached hydrogens (tertiary/aromatic N) is 1. The highest BCUT2D eigenvalue weighted by atomic mass is 35.5. The Hall–Kier alpha value is -1.30. The van der Waals surface area contributed by atoms with Gasteiger partial charge in [0.1, 0.15) is 0 Å². The monoisotopic (exact) mass is 370 g/mol. The molecule has 1 aliphatic carbocycles. The molecule has 1 saturated carbocycles. The molecule has 1 amide bonds. The summed E-state index contributed by atoms with van der Waals surface area (Å²) < 4.78 is 0. The summed E-state index contributed by atoms with van der Waals surface area (Å²) in [6.07, 6.45) is 2.57. The van der Waals surface area contributed by atoms with Crippen molar-refractivity contribution < 1.29 is 14.7 Å². The second kappa shape index (κ2) is 6.54. The number of benzene rings is 1. The van der Waals surface area contributed by atoms with E-state index in [1.165, 1.54) is 0 Å². The number of hydrogen-bond donors (Lipinski definition) is 2. The molecule has 0 spiro atoms. The minimum atomic E-state index is -0.732. The van der Waals surface area contributed by atoms with Crippen LogP contribution in [0.25, 0.3) is 0 Å². The highest BCUT2D eigenvalue weighted by molar-refractivity contribution is 6.42. The number of likely N-dealkylation sites (tertiary alicyclic amines) is 1. The van der Waals surface area contributed by atoms with Crippen molar-refractivity contribution in [3.63, 3.8) is 0 Å². The van der Waals surface area contributed by atoms with E-state index in [0.717, 1.165) is 12.8 Å². The average molecular weight is 371 g/mol. The van der Waals surface area contributed by atoms with Gasteiger partial charge in [-0.3, -0.25) is 14.5 Å². The van der Waals surface area contributed by atoms with Crippen molar-refractivity contribution in [3.8, 4) is 0 Å². The first-order chi connectivity index (χ1) is 11.3. The highest BCUT2D eigenvalue weighted by Gasteiger charge is 2.55. The Bertz CT molecular complexity index is 682. The van der Waals surface area contributed by atoms with Gasteiger partial charge < -0.3 is 10.4 Å². The summed E-state index contributed by atoms with van der Waals surface area (Å²) in [5, 5.41) is 13.3. The maximum absolute atomic E-state index is 12.5. The van der Waals surface area contributed by atoms with Gasteiger partial charge in [0.15, 0.2) is 0 Å². The molecule has 5 nitrogen and oxygen atoms in total. The lowest BCUT2D eigenvalue weighted by Crippen LogP contribution is -2.43. The number of halogens is 2. The van der Waals surface area contributed by atoms with E-state index in [4.69, 9.17) is 23.2 Å². The fourth-order valence-corrected chi connectivity index (χ4v) is 4.26. The number of amides is 1. The lowest BCUT2D eigenvalue weighted by molar-refractivity contribution is -0.149. The first-order valence-electron chi connectivity index (χ1n) is 8.07. The highest BCUT2D eigenvalue weighted by Crippen LogP contribution is 2.49. The van der Waals surface area contributed by atoms with E-state index < -0.39 is 17.4 Å². The Kier molecular flexibility index (Phi) is 4.78. The third-order valence-electron chi connectivity index (χ3n) is 5.44. The molecule has 1 aromatic rings. The summed E-state index contributed by atoms with van der Waals surface area (Å²) in [5.74, 6) is -0.770. The summed E-state index contributed by atoms with van der Waals surface area (Å²) in [6, 6.07) is 4.52. The number of nitrogens with one attached hydrogen (secondary N) is 1. The molecule has 3 atom stereocenters. The lowest BCUT2D eigenvalue weighted by atomic mass is 9.81. The molecule has 1 aromatic carbocycles. The van der Waals surface area contributed by atoms with Gasteiger partial charge in [0.2, 0.25) is 5.91 Å². The average Bonchev–Trinajstić information content (AvgIpc) is 3.08. The van der Waals surface area contributed by atoms with Crippen molar-refractivity contribution in [1.29, 1.82) is 0 Å². The first kappa shape index (κ1) is 17.5. The molecular formula is C17H20Cl2N2O3. The lowest BCUT2D eigenvalue weighted by Gasteiger charge is -2.26. The number of aliphatic carboxylic acids is 1. The van der Waals surface area contributed by atoms with Crippen LogP contribution < -0.4 is 5.32 Å². The summed E-state index contributed by atoms with van der Waals surface area (Å²) in [6.45, 7) is 2.90. The molecule has 130 valence electrons. The topological polar surface area (TPSA) is 69.6 Å². The summed E-state index contributed by atoms with van der Waals surface area (Å²) in [7, 11) is 0. The molecule has 0 bridgehead atoms. The Balaban J connectivity index is 1.68. The second-order valence-electron chi connectivity index (χ2n) is 6.77. The van der Waals surface area contributed by atoms with Gasteiger partial charge in [-0.1, -0.05) is 29.6 Å². The Morgan fingerprint density at radius 1 is 1.38 bits per heavy atom. The molecule has 1 heterocycles. The molecule has 2 fully saturated rings. The van der Waals surface area contributed by atoms with Crippen LogP contribution >= 0.6 is 23.2 Å². The van der Waals surface area contributed by atoms with Crippen molar-refractivity contribution in [2.75, 3.05) is 18.4 Å². The van der Waals surface area contributed by atoms with E-state index in [2.05, 4.69) is 5.32 Å². The van der Waals surface area contributed by atoms with Crippen molar-refractivity contribution in [1.82, 2.24) is 4.90 Å². The van der Waals surface area contributed by atoms with Crippen molar-refractivity contribution >= 4 is 40.8 Å². The van der Waals surface area contributed by atoms with Gasteiger partial charge in [0.25, 0.3) is 0 Å². The van der Waals surface area contributed by atoms with Crippen LogP contribution in [0.2, 0.25) is 10.0 Å². The fourth-order valence-electron chi connectivity index (χ4n) is 3.96. The zero-order valence-corrected chi connectivity index (χ0v) is 14.9. The van der Waals surface area contributed by atoms with Crippen LogP contribution in [0, 0.1) is 11.3 Å². The van der Waals surface area contributed by atoms with Gasteiger partial charge in [-0.05, 0) is 43.9 Å². The molecule has 1 aliphatic heterocycles. The molecule has 3 rings (SSSR count). The van der Waals surface area contributed by atoms with E-state index in [1.807, 2.05) is 11.8 Å². The first-order valence-corrected chi connectivity index (χ1v) is 8.82. The third-order valence-corrected chi connectivity index (χ3v) is 6.18. The van der Waals surface area contributed by atoms with Gasteiger partial charge in [0, 0.05) is 18.8 Å². The number of carboxylic acids is 1. The predicted molar refractivity (Wildman–Crippen MR) is 93.5 cm³/mol. The van der Waals surface area contributed by atoms with E-state index >= 15 is 0 Å². The van der Waals surface area contributed by atoms with Gasteiger partial charge in [-0.15, -0.1) is 0 Å². The van der Waals surface area contributed by atoms with Crippen LogP contribution in [0.15, 0.2) is 18.2 Å². The summed E-state index contributed by atoms with van der Waals surface area (Å²) in [5.41, 5.74) is -0.105. The summed E-state index contributed by atoms with van der Waals surface area (Å²) in [4.78, 5) is 26.2. The maximum Gasteiger partial charge on any atom is 0.311 e. The van der Waals surface area contributed by atoms with Crippen LogP contribution in [0.4, 0.5) is 5.69 Å². The molecule has 24 heavy (non-hydrogen) atoms. The van der Waals surface area contributed by atoms with Crippen LogP contribution in [0.3, 0.4) is 0 Å². The normalized spacial score (nSPS) is 27.7. The molecule has 0 aromatic heterocycles. The Morgan fingerprint density at radius 3 is 2.75 bits per heavy atom.